The van der Waals surface area contributed by atoms with Crippen molar-refractivity contribution in [3.05, 3.63) is 40.9 Å². The van der Waals surface area contributed by atoms with Crippen LogP contribution in [0.25, 0.3) is 0 Å². The predicted molar refractivity (Wildman–Crippen MR) is 72.8 cm³/mol. The lowest BCUT2D eigenvalue weighted by atomic mass is 10.3. The maximum atomic E-state index is 13.5. The van der Waals surface area contributed by atoms with Crippen molar-refractivity contribution < 1.29 is 9.18 Å². The van der Waals surface area contributed by atoms with Crippen molar-refractivity contribution in [1.82, 2.24) is 20.3 Å². The number of hydrogen-bond donors (Lipinski definition) is 2. The van der Waals surface area contributed by atoms with E-state index < -0.39 is 11.7 Å². The molecule has 0 saturated carbocycles. The van der Waals surface area contributed by atoms with E-state index in [0.717, 1.165) is 11.8 Å². The van der Waals surface area contributed by atoms with Crippen LogP contribution in [0.4, 0.5) is 10.1 Å². The number of nitrogens with zero attached hydrogens (tertiary/aromatic N) is 3. The maximum absolute atomic E-state index is 13.5. The van der Waals surface area contributed by atoms with Crippen LogP contribution < -0.4 is 10.6 Å². The smallest absolute Gasteiger partial charge is 0.246 e. The summed E-state index contributed by atoms with van der Waals surface area (Å²) in [5.41, 5.74) is 0.799. The van der Waals surface area contributed by atoms with E-state index in [1.807, 2.05) is 0 Å². The number of nitrogens with one attached hydrogen (secondary N) is 2. The summed E-state index contributed by atoms with van der Waals surface area (Å²) in [6, 6.07) is 4.04. The molecule has 2 N–H and O–H groups in total. The first-order valence-electron chi connectivity index (χ1n) is 5.87. The fourth-order valence-electron chi connectivity index (χ4n) is 1.61. The van der Waals surface area contributed by atoms with Gasteiger partial charge in [0.15, 0.2) is 0 Å². The lowest BCUT2D eigenvalue weighted by Crippen LogP contribution is -2.19. The van der Waals surface area contributed by atoms with Gasteiger partial charge in [-0.1, -0.05) is 16.8 Å². The predicted octanol–water partition coefficient (Wildman–Crippen LogP) is 1.43. The van der Waals surface area contributed by atoms with Gasteiger partial charge >= 0.3 is 0 Å². The van der Waals surface area contributed by atoms with Crippen molar-refractivity contribution in [2.24, 2.45) is 0 Å². The van der Waals surface area contributed by atoms with Crippen molar-refractivity contribution in [1.29, 1.82) is 0 Å². The molecule has 0 aliphatic rings. The van der Waals surface area contributed by atoms with Crippen LogP contribution in [-0.2, 0) is 17.9 Å². The van der Waals surface area contributed by atoms with Crippen LogP contribution in [-0.4, -0.2) is 27.9 Å². The van der Waals surface area contributed by atoms with Crippen molar-refractivity contribution in [3.63, 3.8) is 0 Å². The Hall–Kier alpha value is -1.99. The van der Waals surface area contributed by atoms with E-state index in [1.54, 1.807) is 13.2 Å². The van der Waals surface area contributed by atoms with Gasteiger partial charge in [-0.3, -0.25) is 4.79 Å². The number of rotatable bonds is 5. The summed E-state index contributed by atoms with van der Waals surface area (Å²) in [5.74, 6) is -0.979. The van der Waals surface area contributed by atoms with Crippen molar-refractivity contribution in [3.8, 4) is 0 Å². The van der Waals surface area contributed by atoms with Gasteiger partial charge < -0.3 is 10.6 Å². The quantitative estimate of drug-likeness (QED) is 0.876. The summed E-state index contributed by atoms with van der Waals surface area (Å²) < 4.78 is 14.9. The summed E-state index contributed by atoms with van der Waals surface area (Å²) in [4.78, 5) is 11.8. The minimum atomic E-state index is -0.583. The first-order valence-corrected chi connectivity index (χ1v) is 6.25. The van der Waals surface area contributed by atoms with E-state index in [2.05, 4.69) is 20.9 Å². The Morgan fingerprint density at radius 2 is 2.30 bits per heavy atom. The molecule has 0 bridgehead atoms. The molecule has 2 rings (SSSR count). The molecule has 1 aromatic carbocycles. The highest BCUT2D eigenvalue weighted by molar-refractivity contribution is 6.30. The highest BCUT2D eigenvalue weighted by Crippen LogP contribution is 2.18. The van der Waals surface area contributed by atoms with Crippen LogP contribution in [0, 0.1) is 5.82 Å². The Labute approximate surface area is 119 Å². The molecule has 2 aromatic rings. The normalized spacial score (nSPS) is 10.6. The fourth-order valence-corrected chi connectivity index (χ4v) is 1.76. The van der Waals surface area contributed by atoms with Gasteiger partial charge in [-0.25, -0.2) is 9.07 Å². The summed E-state index contributed by atoms with van der Waals surface area (Å²) in [6.07, 6.45) is 1.65. The van der Waals surface area contributed by atoms with E-state index in [4.69, 9.17) is 11.6 Å². The SMILES string of the molecule is CNCc1cn(CC(=O)Nc2ccc(Cl)cc2F)nn1. The van der Waals surface area contributed by atoms with E-state index in [0.29, 0.717) is 6.54 Å². The highest BCUT2D eigenvalue weighted by atomic mass is 35.5. The minimum Gasteiger partial charge on any atom is -0.322 e. The lowest BCUT2D eigenvalue weighted by Gasteiger charge is -2.06. The molecule has 0 aliphatic heterocycles. The monoisotopic (exact) mass is 297 g/mol. The number of halogens is 2. The van der Waals surface area contributed by atoms with Crippen molar-refractivity contribution >= 4 is 23.2 Å². The van der Waals surface area contributed by atoms with E-state index in [-0.39, 0.29) is 17.3 Å². The molecule has 0 unspecified atom stereocenters. The van der Waals surface area contributed by atoms with Gasteiger partial charge in [-0.05, 0) is 25.2 Å². The Morgan fingerprint density at radius 1 is 1.50 bits per heavy atom. The number of amides is 1. The Morgan fingerprint density at radius 3 is 3.00 bits per heavy atom. The molecule has 1 heterocycles. The number of anilines is 1. The molecular weight excluding hydrogens is 285 g/mol. The second-order valence-electron chi connectivity index (χ2n) is 4.11. The zero-order chi connectivity index (χ0) is 14.5. The Kier molecular flexibility index (Phi) is 4.65. The van der Waals surface area contributed by atoms with Crippen LogP contribution in [0.5, 0.6) is 0 Å². The molecule has 0 radical (unpaired) electrons. The van der Waals surface area contributed by atoms with Gasteiger partial charge in [-0.15, -0.1) is 5.10 Å². The fraction of sp³-hybridized carbons (Fsp3) is 0.250. The average Bonchev–Trinajstić information content (AvgIpc) is 2.81. The van der Waals surface area contributed by atoms with Gasteiger partial charge in [0, 0.05) is 11.6 Å². The van der Waals surface area contributed by atoms with Gasteiger partial charge in [0.25, 0.3) is 0 Å². The second kappa shape index (κ2) is 6.44. The van der Waals surface area contributed by atoms with E-state index >= 15 is 0 Å². The number of carbonyl (C=O) groups is 1. The molecule has 1 amide bonds. The molecular formula is C12H13ClFN5O. The van der Waals surface area contributed by atoms with Crippen molar-refractivity contribution in [2.45, 2.75) is 13.1 Å². The average molecular weight is 298 g/mol. The third-order valence-corrected chi connectivity index (χ3v) is 2.69. The number of benzene rings is 1. The summed E-state index contributed by atoms with van der Waals surface area (Å²) >= 11 is 5.63. The molecule has 0 spiro atoms. The van der Waals surface area contributed by atoms with Crippen LogP contribution in [0.1, 0.15) is 5.69 Å². The highest BCUT2D eigenvalue weighted by Gasteiger charge is 2.09. The second-order valence-corrected chi connectivity index (χ2v) is 4.55. The lowest BCUT2D eigenvalue weighted by molar-refractivity contribution is -0.116. The standard InChI is InChI=1S/C12H13ClFN5O/c1-15-5-9-6-19(18-17-9)7-12(20)16-11-3-2-8(13)4-10(11)14/h2-4,6,15H,5,7H2,1H3,(H,16,20). The Bertz CT molecular complexity index is 616. The van der Waals surface area contributed by atoms with E-state index in [1.165, 1.54) is 16.8 Å². The minimum absolute atomic E-state index is 0.0429. The van der Waals surface area contributed by atoms with Crippen molar-refractivity contribution in [2.75, 3.05) is 12.4 Å². The molecule has 0 fully saturated rings. The molecule has 0 aliphatic carbocycles. The van der Waals surface area contributed by atoms with Crippen LogP contribution in [0.15, 0.2) is 24.4 Å². The number of carbonyl (C=O) groups excluding carboxylic acids is 1. The summed E-state index contributed by atoms with van der Waals surface area (Å²) in [5, 5.41) is 13.3. The maximum Gasteiger partial charge on any atom is 0.246 e. The van der Waals surface area contributed by atoms with E-state index in [9.17, 15) is 9.18 Å². The zero-order valence-electron chi connectivity index (χ0n) is 10.7. The zero-order valence-corrected chi connectivity index (χ0v) is 11.5. The third kappa shape index (κ3) is 3.75. The van der Waals surface area contributed by atoms with Gasteiger partial charge in [-0.2, -0.15) is 0 Å². The largest absolute Gasteiger partial charge is 0.322 e. The Balaban J connectivity index is 1.97. The molecule has 0 atom stereocenters. The van der Waals surface area contributed by atoms with Gasteiger partial charge in [0.05, 0.1) is 17.6 Å². The van der Waals surface area contributed by atoms with Crippen LogP contribution in [0.3, 0.4) is 0 Å². The first kappa shape index (κ1) is 14.4. The molecule has 0 saturated heterocycles. The molecule has 8 heteroatoms. The number of hydrogen-bond acceptors (Lipinski definition) is 4. The molecule has 1 aromatic heterocycles. The summed E-state index contributed by atoms with van der Waals surface area (Å²) in [6.45, 7) is 0.520. The molecule has 20 heavy (non-hydrogen) atoms. The number of aromatic nitrogens is 3. The van der Waals surface area contributed by atoms with Gasteiger partial charge in [0.2, 0.25) is 5.91 Å². The third-order valence-electron chi connectivity index (χ3n) is 2.45. The van der Waals surface area contributed by atoms with Gasteiger partial charge in [0.1, 0.15) is 12.4 Å². The first-order chi connectivity index (χ1) is 9.58. The van der Waals surface area contributed by atoms with Crippen LogP contribution >= 0.6 is 11.6 Å². The molecule has 106 valence electrons. The summed E-state index contributed by atoms with van der Waals surface area (Å²) in [7, 11) is 1.79. The van der Waals surface area contributed by atoms with Crippen LogP contribution in [0.2, 0.25) is 5.02 Å². The molecule has 6 nitrogen and oxygen atoms in total. The topological polar surface area (TPSA) is 71.8 Å².